The fourth-order valence-electron chi connectivity index (χ4n) is 2.73. The zero-order valence-electron chi connectivity index (χ0n) is 12.3. The van der Waals surface area contributed by atoms with E-state index in [1.807, 2.05) is 0 Å². The maximum Gasteiger partial charge on any atom is 0.215 e. The molecule has 0 saturated carbocycles. The Morgan fingerprint density at radius 3 is 2.90 bits per heavy atom. The predicted octanol–water partition coefficient (Wildman–Crippen LogP) is 0.629. The first-order valence-corrected chi connectivity index (χ1v) is 8.79. The van der Waals surface area contributed by atoms with Gasteiger partial charge in [-0.3, -0.25) is 9.58 Å². The van der Waals surface area contributed by atoms with Crippen LogP contribution in [0.2, 0.25) is 0 Å². The SMILES string of the molecule is CCN1CCCC1CN(C)S(=O)(=O)CCn1cccn1. The van der Waals surface area contributed by atoms with Gasteiger partial charge in [0.1, 0.15) is 0 Å². The summed E-state index contributed by atoms with van der Waals surface area (Å²) in [6.07, 6.45) is 5.70. The standard InChI is InChI=1S/C13H24N4O2S/c1-3-16-8-4-6-13(16)12-15(2)20(18,19)11-10-17-9-5-7-14-17/h5,7,9,13H,3-4,6,8,10-12H2,1-2H3. The Morgan fingerprint density at radius 1 is 1.45 bits per heavy atom. The molecule has 0 aliphatic carbocycles. The van der Waals surface area contributed by atoms with Crippen LogP contribution in [0.3, 0.4) is 0 Å². The van der Waals surface area contributed by atoms with Gasteiger partial charge in [0.2, 0.25) is 10.0 Å². The lowest BCUT2D eigenvalue weighted by molar-refractivity contribution is 0.237. The summed E-state index contributed by atoms with van der Waals surface area (Å²) in [5.74, 6) is 0.101. The molecule has 0 aromatic carbocycles. The summed E-state index contributed by atoms with van der Waals surface area (Å²) in [5, 5.41) is 4.03. The van der Waals surface area contributed by atoms with Crippen molar-refractivity contribution in [2.75, 3.05) is 32.4 Å². The number of aromatic nitrogens is 2. The third kappa shape index (κ3) is 3.80. The molecule has 1 aliphatic rings. The molecule has 0 bridgehead atoms. The molecule has 1 fully saturated rings. The fourth-order valence-corrected chi connectivity index (χ4v) is 3.85. The van der Waals surface area contributed by atoms with Crippen LogP contribution in [0.4, 0.5) is 0 Å². The first-order valence-electron chi connectivity index (χ1n) is 7.18. The van der Waals surface area contributed by atoms with Crippen molar-refractivity contribution in [2.45, 2.75) is 32.4 Å². The smallest absolute Gasteiger partial charge is 0.215 e. The van der Waals surface area contributed by atoms with E-state index in [0.29, 0.717) is 19.1 Å². The van der Waals surface area contributed by atoms with Crippen LogP contribution in [0, 0.1) is 0 Å². The lowest BCUT2D eigenvalue weighted by Gasteiger charge is -2.27. The predicted molar refractivity (Wildman–Crippen MR) is 78.9 cm³/mol. The number of sulfonamides is 1. The van der Waals surface area contributed by atoms with E-state index >= 15 is 0 Å². The Morgan fingerprint density at radius 2 is 2.25 bits per heavy atom. The first kappa shape index (κ1) is 15.5. The molecule has 1 aromatic rings. The molecular formula is C13H24N4O2S. The summed E-state index contributed by atoms with van der Waals surface area (Å²) < 4.78 is 27.7. The second-order valence-electron chi connectivity index (χ2n) is 5.29. The molecule has 1 aliphatic heterocycles. The molecule has 0 N–H and O–H groups in total. The van der Waals surface area contributed by atoms with Gasteiger partial charge in [-0.2, -0.15) is 5.10 Å². The minimum Gasteiger partial charge on any atom is -0.299 e. The lowest BCUT2D eigenvalue weighted by Crippen LogP contribution is -2.42. The summed E-state index contributed by atoms with van der Waals surface area (Å²) in [4.78, 5) is 2.36. The number of nitrogens with zero attached hydrogens (tertiary/aromatic N) is 4. The van der Waals surface area contributed by atoms with Gasteiger partial charge in [-0.1, -0.05) is 6.92 Å². The highest BCUT2D eigenvalue weighted by molar-refractivity contribution is 7.89. The quantitative estimate of drug-likeness (QED) is 0.741. The second kappa shape index (κ2) is 6.69. The highest BCUT2D eigenvalue weighted by Crippen LogP contribution is 2.18. The van der Waals surface area contributed by atoms with Crippen LogP contribution in [0.1, 0.15) is 19.8 Å². The van der Waals surface area contributed by atoms with Crippen molar-refractivity contribution in [1.29, 1.82) is 0 Å². The topological polar surface area (TPSA) is 58.4 Å². The van der Waals surface area contributed by atoms with E-state index in [-0.39, 0.29) is 5.75 Å². The minimum atomic E-state index is -3.21. The van der Waals surface area contributed by atoms with Gasteiger partial charge in [-0.25, -0.2) is 12.7 Å². The van der Waals surface area contributed by atoms with Crippen molar-refractivity contribution in [2.24, 2.45) is 0 Å². The molecule has 20 heavy (non-hydrogen) atoms. The highest BCUT2D eigenvalue weighted by Gasteiger charge is 2.28. The third-order valence-corrected chi connectivity index (χ3v) is 5.78. The molecule has 2 rings (SSSR count). The van der Waals surface area contributed by atoms with Crippen molar-refractivity contribution in [3.8, 4) is 0 Å². The monoisotopic (exact) mass is 300 g/mol. The van der Waals surface area contributed by atoms with Crippen LogP contribution in [0.15, 0.2) is 18.5 Å². The van der Waals surface area contributed by atoms with Crippen LogP contribution in [0.25, 0.3) is 0 Å². The molecule has 1 aromatic heterocycles. The van der Waals surface area contributed by atoms with Gasteiger partial charge in [-0.15, -0.1) is 0 Å². The molecule has 1 saturated heterocycles. The summed E-state index contributed by atoms with van der Waals surface area (Å²) >= 11 is 0. The van der Waals surface area contributed by atoms with Crippen LogP contribution in [-0.4, -0.2) is 65.9 Å². The van der Waals surface area contributed by atoms with Crippen molar-refractivity contribution in [3.63, 3.8) is 0 Å². The van der Waals surface area contributed by atoms with Crippen LogP contribution >= 0.6 is 0 Å². The Hall–Kier alpha value is -0.920. The molecule has 1 atom stereocenters. The number of aryl methyl sites for hydroxylation is 1. The number of hydrogen-bond donors (Lipinski definition) is 0. The normalized spacial score (nSPS) is 20.9. The van der Waals surface area contributed by atoms with Gasteiger partial charge in [-0.05, 0) is 32.0 Å². The minimum absolute atomic E-state index is 0.101. The van der Waals surface area contributed by atoms with Crippen molar-refractivity contribution >= 4 is 10.0 Å². The second-order valence-corrected chi connectivity index (χ2v) is 7.49. The van der Waals surface area contributed by atoms with Crippen molar-refractivity contribution < 1.29 is 8.42 Å². The molecule has 7 heteroatoms. The molecule has 0 radical (unpaired) electrons. The number of likely N-dealkylation sites (tertiary alicyclic amines) is 1. The first-order chi connectivity index (χ1) is 9.53. The summed E-state index contributed by atoms with van der Waals surface area (Å²) in [5.41, 5.74) is 0. The van der Waals surface area contributed by atoms with Crippen molar-refractivity contribution in [3.05, 3.63) is 18.5 Å². The largest absolute Gasteiger partial charge is 0.299 e. The van der Waals surface area contributed by atoms with Gasteiger partial charge in [0, 0.05) is 32.0 Å². The number of likely N-dealkylation sites (N-methyl/N-ethyl adjacent to an activating group) is 2. The maximum atomic E-state index is 12.3. The van der Waals surface area contributed by atoms with Gasteiger partial charge >= 0.3 is 0 Å². The van der Waals surface area contributed by atoms with E-state index < -0.39 is 10.0 Å². The summed E-state index contributed by atoms with van der Waals surface area (Å²) in [6, 6.07) is 2.16. The Labute approximate surface area is 121 Å². The van der Waals surface area contributed by atoms with E-state index in [2.05, 4.69) is 16.9 Å². The van der Waals surface area contributed by atoms with Gasteiger partial charge in [0.15, 0.2) is 0 Å². The van der Waals surface area contributed by atoms with Crippen LogP contribution < -0.4 is 0 Å². The summed E-state index contributed by atoms with van der Waals surface area (Å²) in [7, 11) is -1.52. The summed E-state index contributed by atoms with van der Waals surface area (Å²) in [6.45, 7) is 5.20. The molecule has 6 nitrogen and oxygen atoms in total. The van der Waals surface area contributed by atoms with Crippen molar-refractivity contribution in [1.82, 2.24) is 19.0 Å². The van der Waals surface area contributed by atoms with Gasteiger partial charge in [0.25, 0.3) is 0 Å². The highest BCUT2D eigenvalue weighted by atomic mass is 32.2. The van der Waals surface area contributed by atoms with E-state index in [1.165, 1.54) is 10.7 Å². The van der Waals surface area contributed by atoms with Gasteiger partial charge in [0.05, 0.1) is 12.3 Å². The number of rotatable bonds is 7. The number of hydrogen-bond acceptors (Lipinski definition) is 4. The molecule has 0 spiro atoms. The Bertz CT molecular complexity index is 500. The molecule has 114 valence electrons. The molecular weight excluding hydrogens is 276 g/mol. The van der Waals surface area contributed by atoms with E-state index in [9.17, 15) is 8.42 Å². The Balaban J connectivity index is 1.88. The molecule has 2 heterocycles. The van der Waals surface area contributed by atoms with E-state index in [1.54, 1.807) is 30.2 Å². The zero-order valence-corrected chi connectivity index (χ0v) is 13.1. The van der Waals surface area contributed by atoms with E-state index in [4.69, 9.17) is 0 Å². The average Bonchev–Trinajstić information content (AvgIpc) is 3.07. The Kier molecular flexibility index (Phi) is 5.17. The lowest BCUT2D eigenvalue weighted by atomic mass is 10.2. The van der Waals surface area contributed by atoms with Gasteiger partial charge < -0.3 is 0 Å². The van der Waals surface area contributed by atoms with E-state index in [0.717, 1.165) is 19.5 Å². The molecule has 0 amide bonds. The molecule has 1 unspecified atom stereocenters. The third-order valence-electron chi connectivity index (χ3n) is 3.99. The average molecular weight is 300 g/mol. The fraction of sp³-hybridized carbons (Fsp3) is 0.769. The zero-order chi connectivity index (χ0) is 14.6. The maximum absolute atomic E-state index is 12.3. The van der Waals surface area contributed by atoms with Crippen LogP contribution in [0.5, 0.6) is 0 Å². The van der Waals surface area contributed by atoms with Crippen LogP contribution in [-0.2, 0) is 16.6 Å².